The molecule has 0 N–H and O–H groups in total. The van der Waals surface area contributed by atoms with E-state index in [0.717, 1.165) is 19.1 Å². The molecular weight excluding hydrogens is 224 g/mol. The topological polar surface area (TPSA) is 40.9 Å². The molecule has 0 aliphatic rings. The van der Waals surface area contributed by atoms with Gasteiger partial charge in [-0.1, -0.05) is 11.6 Å². The number of nitriles is 1. The molecule has 0 unspecified atom stereocenters. The second-order valence-corrected chi connectivity index (χ2v) is 3.30. The lowest BCUT2D eigenvalue weighted by Crippen LogP contribution is -2.01. The molecule has 1 aromatic carbocycles. The Hall–Kier alpha value is -1.47. The fourth-order valence-corrected chi connectivity index (χ4v) is 1.37. The molecule has 0 aliphatic heterocycles. The van der Waals surface area contributed by atoms with E-state index in [-0.39, 0.29) is 16.1 Å². The van der Waals surface area contributed by atoms with Gasteiger partial charge in [0.15, 0.2) is 5.78 Å². The normalized spacial score (nSPS) is 10.1. The van der Waals surface area contributed by atoms with Gasteiger partial charge in [-0.15, -0.1) is 0 Å². The quantitative estimate of drug-likeness (QED) is 0.730. The van der Waals surface area contributed by atoms with Gasteiger partial charge in [0.1, 0.15) is 6.07 Å². The molecular formula is C10H6ClF2NO. The molecule has 0 saturated heterocycles. The lowest BCUT2D eigenvalue weighted by Gasteiger charge is -2.07. The second-order valence-electron chi connectivity index (χ2n) is 2.89. The van der Waals surface area contributed by atoms with Gasteiger partial charge in [-0.2, -0.15) is 5.26 Å². The highest BCUT2D eigenvalue weighted by Crippen LogP contribution is 2.28. The van der Waals surface area contributed by atoms with Crippen molar-refractivity contribution in [3.05, 3.63) is 33.8 Å². The fourth-order valence-electron chi connectivity index (χ4n) is 1.16. The van der Waals surface area contributed by atoms with Crippen molar-refractivity contribution in [2.75, 3.05) is 0 Å². The van der Waals surface area contributed by atoms with Gasteiger partial charge >= 0.3 is 0 Å². The van der Waals surface area contributed by atoms with Gasteiger partial charge in [-0.25, -0.2) is 8.78 Å². The Kier molecular flexibility index (Phi) is 3.38. The molecule has 0 aliphatic carbocycles. The Bertz CT molecular complexity index is 451. The first-order valence-electron chi connectivity index (χ1n) is 4.00. The van der Waals surface area contributed by atoms with Crippen LogP contribution in [0.5, 0.6) is 0 Å². The lowest BCUT2D eigenvalue weighted by molar-refractivity contribution is 0.0999. The Labute approximate surface area is 90.1 Å². The van der Waals surface area contributed by atoms with Crippen LogP contribution in [0, 0.1) is 11.3 Å². The minimum absolute atomic E-state index is 0.0197. The molecule has 0 aromatic heterocycles. The molecule has 0 atom stereocenters. The van der Waals surface area contributed by atoms with Crippen LogP contribution in [0.1, 0.15) is 34.8 Å². The van der Waals surface area contributed by atoms with E-state index >= 15 is 0 Å². The molecule has 78 valence electrons. The molecule has 1 aromatic rings. The summed E-state index contributed by atoms with van der Waals surface area (Å²) in [5, 5.41) is 8.55. The summed E-state index contributed by atoms with van der Waals surface area (Å²) in [6.07, 6.45) is -2.78. The van der Waals surface area contributed by atoms with E-state index in [4.69, 9.17) is 16.9 Å². The second kappa shape index (κ2) is 4.37. The van der Waals surface area contributed by atoms with Crippen molar-refractivity contribution in [1.82, 2.24) is 0 Å². The van der Waals surface area contributed by atoms with Crippen LogP contribution in [-0.2, 0) is 0 Å². The van der Waals surface area contributed by atoms with Crippen LogP contribution in [0.15, 0.2) is 12.1 Å². The Balaban J connectivity index is 3.47. The number of benzene rings is 1. The maximum atomic E-state index is 12.5. The van der Waals surface area contributed by atoms with Gasteiger partial charge in [-0.05, 0) is 19.1 Å². The zero-order valence-electron chi connectivity index (χ0n) is 7.72. The summed E-state index contributed by atoms with van der Waals surface area (Å²) in [5.41, 5.74) is -0.580. The van der Waals surface area contributed by atoms with Crippen molar-refractivity contribution in [2.45, 2.75) is 13.3 Å². The van der Waals surface area contributed by atoms with E-state index in [2.05, 4.69) is 0 Å². The summed E-state index contributed by atoms with van der Waals surface area (Å²) in [6, 6.07) is 3.78. The minimum Gasteiger partial charge on any atom is -0.294 e. The maximum absolute atomic E-state index is 12.5. The van der Waals surface area contributed by atoms with E-state index in [9.17, 15) is 13.6 Å². The number of alkyl halides is 2. The summed E-state index contributed by atoms with van der Waals surface area (Å²) in [7, 11) is 0. The van der Waals surface area contributed by atoms with Gasteiger partial charge in [0.05, 0.1) is 10.6 Å². The lowest BCUT2D eigenvalue weighted by atomic mass is 10.0. The van der Waals surface area contributed by atoms with E-state index in [1.54, 1.807) is 6.07 Å². The number of nitrogens with zero attached hydrogens (tertiary/aromatic N) is 1. The smallest absolute Gasteiger partial charge is 0.264 e. The molecule has 0 bridgehead atoms. The number of carbonyl (C=O) groups is 1. The molecule has 2 nitrogen and oxygen atoms in total. The van der Waals surface area contributed by atoms with Gasteiger partial charge in [0, 0.05) is 11.1 Å². The third kappa shape index (κ3) is 2.31. The van der Waals surface area contributed by atoms with Crippen LogP contribution in [0.2, 0.25) is 5.02 Å². The minimum atomic E-state index is -2.78. The highest BCUT2D eigenvalue weighted by molar-refractivity contribution is 6.32. The predicted octanol–water partition coefficient (Wildman–Crippen LogP) is 3.35. The number of rotatable bonds is 2. The SMILES string of the molecule is CC(=O)c1cc(C#N)c(Cl)cc1C(F)F. The summed E-state index contributed by atoms with van der Waals surface area (Å²) in [6.45, 7) is 1.16. The maximum Gasteiger partial charge on any atom is 0.264 e. The summed E-state index contributed by atoms with van der Waals surface area (Å²) >= 11 is 5.58. The highest BCUT2D eigenvalue weighted by Gasteiger charge is 2.18. The molecule has 0 fully saturated rings. The largest absolute Gasteiger partial charge is 0.294 e. The van der Waals surface area contributed by atoms with Crippen LogP contribution in [0.4, 0.5) is 8.78 Å². The first-order valence-corrected chi connectivity index (χ1v) is 4.37. The van der Waals surface area contributed by atoms with Crippen LogP contribution in [0.3, 0.4) is 0 Å². The third-order valence-electron chi connectivity index (χ3n) is 1.87. The van der Waals surface area contributed by atoms with Crippen LogP contribution >= 0.6 is 11.6 Å². The third-order valence-corrected chi connectivity index (χ3v) is 2.19. The molecule has 0 spiro atoms. The highest BCUT2D eigenvalue weighted by atomic mass is 35.5. The zero-order chi connectivity index (χ0) is 11.6. The first kappa shape index (κ1) is 11.6. The zero-order valence-corrected chi connectivity index (χ0v) is 8.48. The number of hydrogen-bond donors (Lipinski definition) is 0. The first-order chi connectivity index (χ1) is 6.97. The van der Waals surface area contributed by atoms with Gasteiger partial charge in [0.25, 0.3) is 6.43 Å². The van der Waals surface area contributed by atoms with E-state index in [1.807, 2.05) is 0 Å². The van der Waals surface area contributed by atoms with Crippen LogP contribution in [-0.4, -0.2) is 5.78 Å². The van der Waals surface area contributed by atoms with Crippen molar-refractivity contribution >= 4 is 17.4 Å². The monoisotopic (exact) mass is 229 g/mol. The van der Waals surface area contributed by atoms with Crippen molar-refractivity contribution in [1.29, 1.82) is 5.26 Å². The summed E-state index contributed by atoms with van der Waals surface area (Å²) in [5.74, 6) is -0.515. The van der Waals surface area contributed by atoms with Gasteiger partial charge < -0.3 is 0 Å². The van der Waals surface area contributed by atoms with Gasteiger partial charge in [-0.3, -0.25) is 4.79 Å². The van der Waals surface area contributed by atoms with E-state index in [0.29, 0.717) is 0 Å². The Morgan fingerprint density at radius 3 is 2.53 bits per heavy atom. The van der Waals surface area contributed by atoms with E-state index < -0.39 is 17.8 Å². The number of ketones is 1. The number of carbonyl (C=O) groups excluding carboxylic acids is 1. The number of Topliss-reactive ketones (excluding diaryl/α,β-unsaturated/α-hetero) is 1. The van der Waals surface area contributed by atoms with Crippen LogP contribution < -0.4 is 0 Å². The Morgan fingerprint density at radius 1 is 1.53 bits per heavy atom. The van der Waals surface area contributed by atoms with E-state index in [1.165, 1.54) is 0 Å². The van der Waals surface area contributed by atoms with Crippen molar-refractivity contribution in [3.63, 3.8) is 0 Å². The molecule has 0 saturated carbocycles. The van der Waals surface area contributed by atoms with Crippen LogP contribution in [0.25, 0.3) is 0 Å². The average Bonchev–Trinajstić information content (AvgIpc) is 2.16. The molecule has 0 heterocycles. The Morgan fingerprint density at radius 2 is 2.13 bits per heavy atom. The van der Waals surface area contributed by atoms with Crippen molar-refractivity contribution in [3.8, 4) is 6.07 Å². The molecule has 1 rings (SSSR count). The predicted molar refractivity (Wildman–Crippen MR) is 51.1 cm³/mol. The molecule has 0 amide bonds. The number of hydrogen-bond acceptors (Lipinski definition) is 2. The molecule has 15 heavy (non-hydrogen) atoms. The summed E-state index contributed by atoms with van der Waals surface area (Å²) in [4.78, 5) is 11.1. The summed E-state index contributed by atoms with van der Waals surface area (Å²) < 4.78 is 25.0. The molecule has 0 radical (unpaired) electrons. The van der Waals surface area contributed by atoms with Gasteiger partial charge in [0.2, 0.25) is 0 Å². The van der Waals surface area contributed by atoms with Crippen molar-refractivity contribution in [2.24, 2.45) is 0 Å². The van der Waals surface area contributed by atoms with Crippen molar-refractivity contribution < 1.29 is 13.6 Å². The average molecular weight is 230 g/mol. The molecule has 5 heteroatoms. The standard InChI is InChI=1S/C10H6ClF2NO/c1-5(15)7-2-6(4-14)9(11)3-8(7)10(12)13/h2-3,10H,1H3. The number of halogens is 3. The fraction of sp³-hybridized carbons (Fsp3) is 0.200.